The smallest absolute Gasteiger partial charge is 0.244 e. The minimum Gasteiger partial charge on any atom is -0.488 e. The quantitative estimate of drug-likeness (QED) is 0.301. The molecular weight excluding hydrogens is 487 g/mol. The first-order chi connectivity index (χ1) is 14.4. The van der Waals surface area contributed by atoms with E-state index >= 15 is 0 Å². The number of hydrogen-bond donors (Lipinski definition) is 1. The van der Waals surface area contributed by atoms with E-state index in [-0.39, 0.29) is 12.3 Å². The number of nitrogens with zero attached hydrogens (tertiary/aromatic N) is 1. The van der Waals surface area contributed by atoms with Gasteiger partial charge in [0.25, 0.3) is 0 Å². The Bertz CT molecular complexity index is 1070. The maximum absolute atomic E-state index is 12.0. The number of hydrogen-bond acceptors (Lipinski definition) is 3. The molecule has 154 valence electrons. The summed E-state index contributed by atoms with van der Waals surface area (Å²) < 4.78 is 6.59. The van der Waals surface area contributed by atoms with Crippen LogP contribution >= 0.6 is 39.1 Å². The van der Waals surface area contributed by atoms with Crippen LogP contribution in [0.4, 0.5) is 0 Å². The fourth-order valence-corrected chi connectivity index (χ4v) is 3.59. The number of halogens is 3. The van der Waals surface area contributed by atoms with Gasteiger partial charge in [0.05, 0.1) is 17.1 Å². The van der Waals surface area contributed by atoms with E-state index in [2.05, 4.69) is 26.5 Å². The van der Waals surface area contributed by atoms with Gasteiger partial charge in [-0.1, -0.05) is 59.1 Å². The van der Waals surface area contributed by atoms with Gasteiger partial charge in [-0.15, -0.1) is 0 Å². The maximum Gasteiger partial charge on any atom is 0.244 e. The normalized spacial score (nSPS) is 10.9. The highest BCUT2D eigenvalue weighted by molar-refractivity contribution is 9.10. The van der Waals surface area contributed by atoms with Crippen LogP contribution in [0.15, 0.2) is 70.2 Å². The zero-order valence-electron chi connectivity index (χ0n) is 16.2. The van der Waals surface area contributed by atoms with E-state index in [4.69, 9.17) is 27.9 Å². The van der Waals surface area contributed by atoms with E-state index in [0.717, 1.165) is 26.7 Å². The third kappa shape index (κ3) is 6.59. The topological polar surface area (TPSA) is 50.7 Å². The van der Waals surface area contributed by atoms with E-state index in [1.165, 1.54) is 0 Å². The Labute approximate surface area is 194 Å². The Kier molecular flexibility index (Phi) is 7.91. The van der Waals surface area contributed by atoms with Gasteiger partial charge in [0.1, 0.15) is 12.4 Å². The standard InChI is InChI=1S/C23H19BrCl2N2O2/c1-15-2-4-16(5-3-15)11-23(29)28-27-13-17-6-9-22(20(24)10-17)30-14-18-7-8-19(25)12-21(18)26/h2-10,12-13H,11,14H2,1H3,(H,28,29)/b27-13+. The van der Waals surface area contributed by atoms with Crippen LogP contribution in [0, 0.1) is 6.92 Å². The number of hydrazone groups is 1. The van der Waals surface area contributed by atoms with Crippen LogP contribution in [0.3, 0.4) is 0 Å². The molecule has 0 saturated carbocycles. The van der Waals surface area contributed by atoms with Crippen LogP contribution in [0.5, 0.6) is 5.75 Å². The lowest BCUT2D eigenvalue weighted by molar-refractivity contribution is -0.120. The van der Waals surface area contributed by atoms with Crippen molar-refractivity contribution in [3.63, 3.8) is 0 Å². The molecule has 0 fully saturated rings. The molecule has 30 heavy (non-hydrogen) atoms. The predicted octanol–water partition coefficient (Wildman–Crippen LogP) is 6.34. The van der Waals surface area contributed by atoms with Crippen LogP contribution in [-0.2, 0) is 17.8 Å². The number of carbonyl (C=O) groups excluding carboxylic acids is 1. The molecule has 0 radical (unpaired) electrons. The molecule has 3 aromatic carbocycles. The summed E-state index contributed by atoms with van der Waals surface area (Å²) in [7, 11) is 0. The Morgan fingerprint density at radius 2 is 1.87 bits per heavy atom. The highest BCUT2D eigenvalue weighted by Crippen LogP contribution is 2.28. The van der Waals surface area contributed by atoms with Crippen LogP contribution in [0.1, 0.15) is 22.3 Å². The van der Waals surface area contributed by atoms with Gasteiger partial charge in [0.2, 0.25) is 5.91 Å². The number of nitrogens with one attached hydrogen (secondary N) is 1. The van der Waals surface area contributed by atoms with E-state index in [1.54, 1.807) is 18.3 Å². The van der Waals surface area contributed by atoms with Crippen molar-refractivity contribution in [1.29, 1.82) is 0 Å². The Morgan fingerprint density at radius 3 is 2.57 bits per heavy atom. The van der Waals surface area contributed by atoms with Crippen molar-refractivity contribution >= 4 is 51.3 Å². The zero-order chi connectivity index (χ0) is 21.5. The Hall–Kier alpha value is -2.34. The summed E-state index contributed by atoms with van der Waals surface area (Å²) in [6.45, 7) is 2.33. The van der Waals surface area contributed by atoms with Gasteiger partial charge in [-0.2, -0.15) is 5.10 Å². The number of benzene rings is 3. The first-order valence-electron chi connectivity index (χ1n) is 9.14. The summed E-state index contributed by atoms with van der Waals surface area (Å²) in [6.07, 6.45) is 1.86. The average molecular weight is 506 g/mol. The molecule has 0 bridgehead atoms. The monoisotopic (exact) mass is 504 g/mol. The number of aryl methyl sites for hydroxylation is 1. The molecule has 0 spiro atoms. The molecule has 0 aliphatic heterocycles. The van der Waals surface area contributed by atoms with Crippen molar-refractivity contribution < 1.29 is 9.53 Å². The molecule has 1 N–H and O–H groups in total. The summed E-state index contributed by atoms with van der Waals surface area (Å²) in [6, 6.07) is 18.6. The lowest BCUT2D eigenvalue weighted by Gasteiger charge is -2.10. The molecule has 0 saturated heterocycles. The minimum absolute atomic E-state index is 0.172. The van der Waals surface area contributed by atoms with Crippen molar-refractivity contribution in [3.8, 4) is 5.75 Å². The van der Waals surface area contributed by atoms with E-state index < -0.39 is 0 Å². The van der Waals surface area contributed by atoms with Crippen molar-refractivity contribution in [2.45, 2.75) is 20.0 Å². The van der Waals surface area contributed by atoms with Gasteiger partial charge >= 0.3 is 0 Å². The molecule has 0 atom stereocenters. The predicted molar refractivity (Wildman–Crippen MR) is 126 cm³/mol. The first-order valence-corrected chi connectivity index (χ1v) is 10.7. The fourth-order valence-electron chi connectivity index (χ4n) is 2.62. The Morgan fingerprint density at radius 1 is 1.10 bits per heavy atom. The lowest BCUT2D eigenvalue weighted by atomic mass is 10.1. The highest BCUT2D eigenvalue weighted by atomic mass is 79.9. The van der Waals surface area contributed by atoms with Crippen molar-refractivity contribution in [3.05, 3.63) is 97.4 Å². The van der Waals surface area contributed by atoms with Crippen LogP contribution in [0.25, 0.3) is 0 Å². The van der Waals surface area contributed by atoms with Gasteiger partial charge in [-0.05, 0) is 64.3 Å². The number of ether oxygens (including phenoxy) is 1. The summed E-state index contributed by atoms with van der Waals surface area (Å²) in [5.74, 6) is 0.496. The molecule has 0 aliphatic rings. The van der Waals surface area contributed by atoms with Gasteiger partial charge in [0.15, 0.2) is 0 Å². The average Bonchev–Trinajstić information content (AvgIpc) is 2.70. The lowest BCUT2D eigenvalue weighted by Crippen LogP contribution is -2.19. The van der Waals surface area contributed by atoms with Crippen molar-refractivity contribution in [2.75, 3.05) is 0 Å². The second-order valence-electron chi connectivity index (χ2n) is 6.67. The summed E-state index contributed by atoms with van der Waals surface area (Å²) >= 11 is 15.6. The molecule has 0 aliphatic carbocycles. The minimum atomic E-state index is -0.172. The molecule has 3 aromatic rings. The van der Waals surface area contributed by atoms with E-state index in [1.807, 2.05) is 55.5 Å². The van der Waals surface area contributed by atoms with Crippen LogP contribution < -0.4 is 10.2 Å². The van der Waals surface area contributed by atoms with Crippen LogP contribution in [-0.4, -0.2) is 12.1 Å². The van der Waals surface area contributed by atoms with Gasteiger partial charge < -0.3 is 4.74 Å². The number of rotatable bonds is 7. The zero-order valence-corrected chi connectivity index (χ0v) is 19.3. The SMILES string of the molecule is Cc1ccc(CC(=O)N/N=C/c2ccc(OCc3ccc(Cl)cc3Cl)c(Br)c2)cc1. The summed E-state index contributed by atoms with van der Waals surface area (Å²) in [5.41, 5.74) is 6.30. The van der Waals surface area contributed by atoms with E-state index in [0.29, 0.717) is 22.4 Å². The third-order valence-electron chi connectivity index (χ3n) is 4.24. The summed E-state index contributed by atoms with van der Waals surface area (Å²) in [4.78, 5) is 12.0. The molecule has 0 unspecified atom stereocenters. The fraction of sp³-hybridized carbons (Fsp3) is 0.130. The van der Waals surface area contributed by atoms with Gasteiger partial charge in [-0.25, -0.2) is 5.43 Å². The van der Waals surface area contributed by atoms with Crippen LogP contribution in [0.2, 0.25) is 10.0 Å². The molecule has 0 aromatic heterocycles. The van der Waals surface area contributed by atoms with Gasteiger partial charge in [0, 0.05) is 15.6 Å². The van der Waals surface area contributed by atoms with E-state index in [9.17, 15) is 4.79 Å². The first kappa shape index (κ1) is 22.3. The molecular formula is C23H19BrCl2N2O2. The highest BCUT2D eigenvalue weighted by Gasteiger charge is 2.06. The maximum atomic E-state index is 12.0. The van der Waals surface area contributed by atoms with Crippen molar-refractivity contribution in [1.82, 2.24) is 5.43 Å². The third-order valence-corrected chi connectivity index (χ3v) is 5.45. The Balaban J connectivity index is 1.54. The van der Waals surface area contributed by atoms with Gasteiger partial charge in [-0.3, -0.25) is 4.79 Å². The molecule has 7 heteroatoms. The largest absolute Gasteiger partial charge is 0.488 e. The molecule has 4 nitrogen and oxygen atoms in total. The number of amides is 1. The molecule has 1 amide bonds. The molecule has 3 rings (SSSR count). The second kappa shape index (κ2) is 10.6. The van der Waals surface area contributed by atoms with Crippen molar-refractivity contribution in [2.24, 2.45) is 5.10 Å². The molecule has 0 heterocycles. The number of carbonyl (C=O) groups is 1. The summed E-state index contributed by atoms with van der Waals surface area (Å²) in [5, 5.41) is 5.17. The second-order valence-corrected chi connectivity index (χ2v) is 8.37.